The minimum Gasteiger partial charge on any atom is -0.256 e. The molecule has 1 aromatic carbocycles. The van der Waals surface area contributed by atoms with Crippen molar-refractivity contribution in [3.63, 3.8) is 0 Å². The Morgan fingerprint density at radius 1 is 1.50 bits per heavy atom. The van der Waals surface area contributed by atoms with E-state index < -0.39 is 0 Å². The quantitative estimate of drug-likeness (QED) is 0.576. The van der Waals surface area contributed by atoms with Gasteiger partial charge in [-0.1, -0.05) is 24.8 Å². The van der Waals surface area contributed by atoms with Crippen LogP contribution in [-0.4, -0.2) is 6.21 Å². The Kier molecular flexibility index (Phi) is 3.47. The number of aryl methyl sites for hydroxylation is 1. The number of halogens is 1. The highest BCUT2D eigenvalue weighted by Gasteiger charge is 1.98. The van der Waals surface area contributed by atoms with E-state index in [0.29, 0.717) is 0 Å². The van der Waals surface area contributed by atoms with Gasteiger partial charge in [-0.15, -0.1) is 0 Å². The zero-order chi connectivity index (χ0) is 8.97. The second-order valence-electron chi connectivity index (χ2n) is 2.42. The second-order valence-corrected chi connectivity index (χ2v) is 3.58. The van der Waals surface area contributed by atoms with Gasteiger partial charge >= 0.3 is 0 Å². The lowest BCUT2D eigenvalue weighted by atomic mass is 10.2. The van der Waals surface area contributed by atoms with Gasteiger partial charge in [0, 0.05) is 9.78 Å². The molecule has 0 aromatic heterocycles. The van der Waals surface area contributed by atoms with Crippen LogP contribution >= 0.6 is 22.6 Å². The van der Waals surface area contributed by atoms with Gasteiger partial charge in [0.25, 0.3) is 0 Å². The first-order valence-corrected chi connectivity index (χ1v) is 4.74. The maximum Gasteiger partial charge on any atom is 0.0792 e. The summed E-state index contributed by atoms with van der Waals surface area (Å²) >= 11 is 2.28. The highest BCUT2D eigenvalue weighted by atomic mass is 127. The van der Waals surface area contributed by atoms with Gasteiger partial charge in [-0.25, -0.2) is 0 Å². The van der Waals surface area contributed by atoms with E-state index in [1.165, 1.54) is 9.13 Å². The lowest BCUT2D eigenvalue weighted by Gasteiger charge is -2.00. The molecule has 0 amide bonds. The normalized spacial score (nSPS) is 10.5. The van der Waals surface area contributed by atoms with Gasteiger partial charge in [0.1, 0.15) is 0 Å². The molecule has 0 radical (unpaired) electrons. The van der Waals surface area contributed by atoms with Crippen LogP contribution in [0.5, 0.6) is 0 Å². The van der Waals surface area contributed by atoms with Gasteiger partial charge in [-0.3, -0.25) is 4.99 Å². The first kappa shape index (κ1) is 9.45. The summed E-state index contributed by atoms with van der Waals surface area (Å²) < 4.78 is 1.17. The van der Waals surface area contributed by atoms with E-state index in [9.17, 15) is 0 Å². The molecule has 0 spiro atoms. The van der Waals surface area contributed by atoms with Crippen LogP contribution in [-0.2, 0) is 0 Å². The minimum absolute atomic E-state index is 1.04. The summed E-state index contributed by atoms with van der Waals surface area (Å²) in [5.41, 5.74) is 2.23. The third kappa shape index (κ3) is 2.17. The standard InChI is InChI=1S/C10H10IN/c1-3-7-12-10-8(2)5-4-6-9(10)11/h3-7H,1H2,2H3. The number of benzene rings is 1. The molecule has 0 unspecified atom stereocenters. The lowest BCUT2D eigenvalue weighted by Crippen LogP contribution is -1.78. The van der Waals surface area contributed by atoms with Crippen molar-refractivity contribution < 1.29 is 0 Å². The van der Waals surface area contributed by atoms with Crippen molar-refractivity contribution in [2.75, 3.05) is 0 Å². The summed E-state index contributed by atoms with van der Waals surface area (Å²) in [5.74, 6) is 0. The van der Waals surface area contributed by atoms with Gasteiger partial charge < -0.3 is 0 Å². The number of nitrogens with zero attached hydrogens (tertiary/aromatic N) is 1. The van der Waals surface area contributed by atoms with Crippen molar-refractivity contribution in [3.8, 4) is 0 Å². The van der Waals surface area contributed by atoms with E-state index in [1.807, 2.05) is 12.1 Å². The molecule has 62 valence electrons. The molecule has 12 heavy (non-hydrogen) atoms. The molecular formula is C10H10IN. The third-order valence-electron chi connectivity index (χ3n) is 1.50. The summed E-state index contributed by atoms with van der Waals surface area (Å²) in [7, 11) is 0. The van der Waals surface area contributed by atoms with Crippen molar-refractivity contribution in [2.24, 2.45) is 4.99 Å². The van der Waals surface area contributed by atoms with Crippen LogP contribution in [0.2, 0.25) is 0 Å². The number of hydrogen-bond acceptors (Lipinski definition) is 1. The van der Waals surface area contributed by atoms with Crippen LogP contribution in [0, 0.1) is 10.5 Å². The number of rotatable bonds is 2. The average molecular weight is 271 g/mol. The van der Waals surface area contributed by atoms with Gasteiger partial charge in [-0.2, -0.15) is 0 Å². The molecule has 2 heteroatoms. The fourth-order valence-electron chi connectivity index (χ4n) is 0.914. The van der Waals surface area contributed by atoms with Gasteiger partial charge in [0.15, 0.2) is 0 Å². The fraction of sp³-hybridized carbons (Fsp3) is 0.100. The van der Waals surface area contributed by atoms with E-state index in [-0.39, 0.29) is 0 Å². The zero-order valence-electron chi connectivity index (χ0n) is 6.92. The number of allylic oxidation sites excluding steroid dienone is 1. The van der Waals surface area contributed by atoms with Crippen LogP contribution in [0.25, 0.3) is 0 Å². The van der Waals surface area contributed by atoms with E-state index in [1.54, 1.807) is 12.3 Å². The van der Waals surface area contributed by atoms with Crippen LogP contribution in [0.3, 0.4) is 0 Å². The second kappa shape index (κ2) is 4.40. The van der Waals surface area contributed by atoms with Gasteiger partial charge in [0.05, 0.1) is 5.69 Å². The monoisotopic (exact) mass is 271 g/mol. The Hall–Kier alpha value is -0.640. The van der Waals surface area contributed by atoms with Crippen LogP contribution in [0.4, 0.5) is 5.69 Å². The molecule has 1 aromatic rings. The maximum absolute atomic E-state index is 4.27. The zero-order valence-corrected chi connectivity index (χ0v) is 9.08. The van der Waals surface area contributed by atoms with Crippen LogP contribution in [0.15, 0.2) is 35.8 Å². The maximum atomic E-state index is 4.27. The molecular weight excluding hydrogens is 261 g/mol. The number of aliphatic imine (C=N–C) groups is 1. The summed E-state index contributed by atoms with van der Waals surface area (Å²) in [6.07, 6.45) is 3.40. The van der Waals surface area contributed by atoms with Crippen molar-refractivity contribution >= 4 is 34.5 Å². The Balaban J connectivity index is 3.12. The summed E-state index contributed by atoms with van der Waals surface area (Å²) in [6, 6.07) is 6.13. The first-order valence-electron chi connectivity index (χ1n) is 3.66. The highest BCUT2D eigenvalue weighted by molar-refractivity contribution is 14.1. The van der Waals surface area contributed by atoms with Crippen molar-refractivity contribution in [2.45, 2.75) is 6.92 Å². The Morgan fingerprint density at radius 3 is 2.83 bits per heavy atom. The number of para-hydroxylation sites is 1. The topological polar surface area (TPSA) is 12.4 Å². The predicted octanol–water partition coefficient (Wildman–Crippen LogP) is 3.49. The van der Waals surface area contributed by atoms with E-state index >= 15 is 0 Å². The highest BCUT2D eigenvalue weighted by Crippen LogP contribution is 2.24. The number of hydrogen-bond donors (Lipinski definition) is 0. The molecule has 1 rings (SSSR count). The molecule has 0 N–H and O–H groups in total. The van der Waals surface area contributed by atoms with Crippen LogP contribution in [0.1, 0.15) is 5.56 Å². The molecule has 0 fully saturated rings. The lowest BCUT2D eigenvalue weighted by molar-refractivity contribution is 1.38. The average Bonchev–Trinajstić information content (AvgIpc) is 2.04. The predicted molar refractivity (Wildman–Crippen MR) is 62.2 cm³/mol. The van der Waals surface area contributed by atoms with E-state index in [2.05, 4.69) is 47.2 Å². The SMILES string of the molecule is C=CC=Nc1c(C)cccc1I. The van der Waals surface area contributed by atoms with E-state index in [0.717, 1.165) is 5.69 Å². The third-order valence-corrected chi connectivity index (χ3v) is 2.37. The summed E-state index contributed by atoms with van der Waals surface area (Å²) in [6.45, 7) is 5.64. The Morgan fingerprint density at radius 2 is 2.25 bits per heavy atom. The smallest absolute Gasteiger partial charge is 0.0792 e. The molecule has 0 heterocycles. The Labute approximate surface area is 86.4 Å². The molecule has 0 aliphatic rings. The molecule has 0 atom stereocenters. The van der Waals surface area contributed by atoms with Crippen molar-refractivity contribution in [1.29, 1.82) is 0 Å². The molecule has 0 bridgehead atoms. The largest absolute Gasteiger partial charge is 0.256 e. The molecule has 1 nitrogen and oxygen atoms in total. The summed E-state index contributed by atoms with van der Waals surface area (Å²) in [4.78, 5) is 4.27. The molecule has 0 saturated heterocycles. The minimum atomic E-state index is 1.04. The van der Waals surface area contributed by atoms with Crippen LogP contribution < -0.4 is 0 Å². The Bertz CT molecular complexity index is 295. The molecule has 0 saturated carbocycles. The van der Waals surface area contributed by atoms with Crippen molar-refractivity contribution in [3.05, 3.63) is 40.0 Å². The van der Waals surface area contributed by atoms with Gasteiger partial charge in [0.2, 0.25) is 0 Å². The molecule has 0 aliphatic carbocycles. The summed E-state index contributed by atoms with van der Waals surface area (Å²) in [5, 5.41) is 0. The first-order chi connectivity index (χ1) is 5.75. The fourth-order valence-corrected chi connectivity index (χ4v) is 1.69. The van der Waals surface area contributed by atoms with E-state index in [4.69, 9.17) is 0 Å². The molecule has 0 aliphatic heterocycles. The van der Waals surface area contributed by atoms with Gasteiger partial charge in [-0.05, 0) is 41.1 Å². The van der Waals surface area contributed by atoms with Crippen molar-refractivity contribution in [1.82, 2.24) is 0 Å².